The molecular formula is C12H23N3O2. The summed E-state index contributed by atoms with van der Waals surface area (Å²) >= 11 is 0. The molecule has 5 heteroatoms. The zero-order chi connectivity index (χ0) is 12.1. The van der Waals surface area contributed by atoms with Gasteiger partial charge in [-0.25, -0.2) is 0 Å². The van der Waals surface area contributed by atoms with Crippen molar-refractivity contribution in [2.75, 3.05) is 45.9 Å². The number of amides is 1. The van der Waals surface area contributed by atoms with Crippen LogP contribution in [-0.2, 0) is 9.53 Å². The van der Waals surface area contributed by atoms with Crippen molar-refractivity contribution in [3.63, 3.8) is 0 Å². The van der Waals surface area contributed by atoms with Gasteiger partial charge in [0.15, 0.2) is 0 Å². The second kappa shape index (κ2) is 6.33. The van der Waals surface area contributed by atoms with Crippen LogP contribution in [0.1, 0.15) is 19.3 Å². The van der Waals surface area contributed by atoms with Crippen LogP contribution in [0.2, 0.25) is 0 Å². The molecule has 0 aromatic rings. The SMILES string of the molecule is NCCN1CCCN(C(=O)C2CCCO2)CC1. The summed E-state index contributed by atoms with van der Waals surface area (Å²) in [5, 5.41) is 0. The van der Waals surface area contributed by atoms with Gasteiger partial charge >= 0.3 is 0 Å². The van der Waals surface area contributed by atoms with Crippen LogP contribution in [0.3, 0.4) is 0 Å². The fourth-order valence-electron chi connectivity index (χ4n) is 2.57. The highest BCUT2D eigenvalue weighted by Crippen LogP contribution is 2.15. The van der Waals surface area contributed by atoms with Crippen LogP contribution in [0.25, 0.3) is 0 Å². The molecule has 0 aromatic heterocycles. The first kappa shape index (κ1) is 12.8. The first-order chi connectivity index (χ1) is 8.31. The van der Waals surface area contributed by atoms with Crippen molar-refractivity contribution in [3.05, 3.63) is 0 Å². The van der Waals surface area contributed by atoms with Crippen LogP contribution in [0.4, 0.5) is 0 Å². The van der Waals surface area contributed by atoms with E-state index in [1.54, 1.807) is 0 Å². The molecule has 2 heterocycles. The molecule has 0 aliphatic carbocycles. The van der Waals surface area contributed by atoms with Gasteiger partial charge in [-0.05, 0) is 25.8 Å². The van der Waals surface area contributed by atoms with E-state index in [2.05, 4.69) is 4.90 Å². The maximum absolute atomic E-state index is 12.2. The van der Waals surface area contributed by atoms with Gasteiger partial charge < -0.3 is 20.3 Å². The van der Waals surface area contributed by atoms with Crippen LogP contribution in [0, 0.1) is 0 Å². The first-order valence-electron chi connectivity index (χ1n) is 6.64. The van der Waals surface area contributed by atoms with Gasteiger partial charge in [-0.2, -0.15) is 0 Å². The Morgan fingerprint density at radius 3 is 2.82 bits per heavy atom. The molecule has 2 N–H and O–H groups in total. The number of hydrogen-bond donors (Lipinski definition) is 1. The summed E-state index contributed by atoms with van der Waals surface area (Å²) in [4.78, 5) is 16.5. The fraction of sp³-hybridized carbons (Fsp3) is 0.917. The Morgan fingerprint density at radius 1 is 1.24 bits per heavy atom. The molecule has 5 nitrogen and oxygen atoms in total. The van der Waals surface area contributed by atoms with Gasteiger partial charge in [0.05, 0.1) is 0 Å². The Morgan fingerprint density at radius 2 is 2.12 bits per heavy atom. The lowest BCUT2D eigenvalue weighted by atomic mass is 10.2. The van der Waals surface area contributed by atoms with E-state index in [1.807, 2.05) is 4.90 Å². The quantitative estimate of drug-likeness (QED) is 0.734. The van der Waals surface area contributed by atoms with Crippen molar-refractivity contribution in [2.24, 2.45) is 5.73 Å². The molecule has 2 saturated heterocycles. The summed E-state index contributed by atoms with van der Waals surface area (Å²) in [5.41, 5.74) is 5.56. The van der Waals surface area contributed by atoms with E-state index < -0.39 is 0 Å². The molecule has 0 bridgehead atoms. The minimum Gasteiger partial charge on any atom is -0.368 e. The Balaban J connectivity index is 1.83. The minimum absolute atomic E-state index is 0.170. The summed E-state index contributed by atoms with van der Waals surface area (Å²) in [5.74, 6) is 0.192. The van der Waals surface area contributed by atoms with Crippen molar-refractivity contribution < 1.29 is 9.53 Å². The van der Waals surface area contributed by atoms with Crippen LogP contribution < -0.4 is 5.73 Å². The molecular weight excluding hydrogens is 218 g/mol. The molecule has 98 valence electrons. The van der Waals surface area contributed by atoms with Gasteiger partial charge in [-0.1, -0.05) is 0 Å². The number of nitrogens with two attached hydrogens (primary N) is 1. The summed E-state index contributed by atoms with van der Waals surface area (Å²) < 4.78 is 5.46. The molecule has 1 unspecified atom stereocenters. The normalized spacial score (nSPS) is 27.1. The number of ether oxygens (including phenoxy) is 1. The van der Waals surface area contributed by atoms with E-state index in [-0.39, 0.29) is 12.0 Å². The van der Waals surface area contributed by atoms with E-state index in [0.717, 1.165) is 58.6 Å². The lowest BCUT2D eigenvalue weighted by Crippen LogP contribution is -2.41. The molecule has 1 atom stereocenters. The highest BCUT2D eigenvalue weighted by atomic mass is 16.5. The van der Waals surface area contributed by atoms with E-state index in [9.17, 15) is 4.79 Å². The summed E-state index contributed by atoms with van der Waals surface area (Å²) in [6, 6.07) is 0. The molecule has 1 amide bonds. The van der Waals surface area contributed by atoms with E-state index >= 15 is 0 Å². The molecule has 0 aromatic carbocycles. The number of nitrogens with zero attached hydrogens (tertiary/aromatic N) is 2. The largest absolute Gasteiger partial charge is 0.368 e. The predicted octanol–water partition coefficient (Wildman–Crippen LogP) is -0.342. The molecule has 2 aliphatic heterocycles. The monoisotopic (exact) mass is 241 g/mol. The standard InChI is InChI=1S/C12H23N3O2/c13-4-7-14-5-2-6-15(9-8-14)12(16)11-3-1-10-17-11/h11H,1-10,13H2. The Hall–Kier alpha value is -0.650. The second-order valence-electron chi connectivity index (χ2n) is 4.81. The van der Waals surface area contributed by atoms with Crippen molar-refractivity contribution >= 4 is 5.91 Å². The van der Waals surface area contributed by atoms with Gasteiger partial charge in [-0.15, -0.1) is 0 Å². The lowest BCUT2D eigenvalue weighted by Gasteiger charge is -2.24. The first-order valence-corrected chi connectivity index (χ1v) is 6.64. The van der Waals surface area contributed by atoms with Crippen molar-refractivity contribution in [2.45, 2.75) is 25.4 Å². The van der Waals surface area contributed by atoms with Crippen molar-refractivity contribution in [1.82, 2.24) is 9.80 Å². The number of hydrogen-bond acceptors (Lipinski definition) is 4. The predicted molar refractivity (Wildman–Crippen MR) is 65.7 cm³/mol. The van der Waals surface area contributed by atoms with Crippen LogP contribution in [0.15, 0.2) is 0 Å². The third-order valence-corrected chi connectivity index (χ3v) is 3.55. The molecule has 2 rings (SSSR count). The highest BCUT2D eigenvalue weighted by molar-refractivity contribution is 5.81. The Kier molecular flexibility index (Phi) is 4.76. The molecule has 17 heavy (non-hydrogen) atoms. The van der Waals surface area contributed by atoms with E-state index in [0.29, 0.717) is 6.54 Å². The zero-order valence-electron chi connectivity index (χ0n) is 10.4. The number of rotatable bonds is 3. The van der Waals surface area contributed by atoms with E-state index in [4.69, 9.17) is 10.5 Å². The van der Waals surface area contributed by atoms with Gasteiger partial charge in [0.1, 0.15) is 6.10 Å². The van der Waals surface area contributed by atoms with Crippen LogP contribution in [0.5, 0.6) is 0 Å². The summed E-state index contributed by atoms with van der Waals surface area (Å²) in [6.07, 6.45) is 2.78. The maximum Gasteiger partial charge on any atom is 0.251 e. The molecule has 2 aliphatic rings. The smallest absolute Gasteiger partial charge is 0.251 e. The topological polar surface area (TPSA) is 58.8 Å². The van der Waals surface area contributed by atoms with Crippen molar-refractivity contribution in [3.8, 4) is 0 Å². The van der Waals surface area contributed by atoms with Crippen molar-refractivity contribution in [1.29, 1.82) is 0 Å². The third-order valence-electron chi connectivity index (χ3n) is 3.55. The highest BCUT2D eigenvalue weighted by Gasteiger charge is 2.29. The van der Waals surface area contributed by atoms with Gasteiger partial charge in [0.2, 0.25) is 0 Å². The molecule has 0 spiro atoms. The van der Waals surface area contributed by atoms with Gasteiger partial charge in [0, 0.05) is 39.3 Å². The minimum atomic E-state index is -0.170. The third kappa shape index (κ3) is 3.40. The number of carbonyl (C=O) groups excluding carboxylic acids is 1. The van der Waals surface area contributed by atoms with E-state index in [1.165, 1.54) is 0 Å². The maximum atomic E-state index is 12.2. The Labute approximate surface area is 103 Å². The molecule has 2 fully saturated rings. The molecule has 0 radical (unpaired) electrons. The fourth-order valence-corrected chi connectivity index (χ4v) is 2.57. The van der Waals surface area contributed by atoms with Crippen LogP contribution in [-0.4, -0.2) is 67.7 Å². The summed E-state index contributed by atoms with van der Waals surface area (Å²) in [6.45, 7) is 6.03. The lowest BCUT2D eigenvalue weighted by molar-refractivity contribution is -0.140. The molecule has 0 saturated carbocycles. The zero-order valence-corrected chi connectivity index (χ0v) is 10.4. The second-order valence-corrected chi connectivity index (χ2v) is 4.81. The summed E-state index contributed by atoms with van der Waals surface area (Å²) in [7, 11) is 0. The number of carbonyl (C=O) groups is 1. The Bertz CT molecular complexity index is 254. The average molecular weight is 241 g/mol. The average Bonchev–Trinajstić information content (AvgIpc) is 2.76. The van der Waals surface area contributed by atoms with Gasteiger partial charge in [-0.3, -0.25) is 4.79 Å². The van der Waals surface area contributed by atoms with Gasteiger partial charge in [0.25, 0.3) is 5.91 Å². The van der Waals surface area contributed by atoms with Crippen LogP contribution >= 0.6 is 0 Å².